The maximum atomic E-state index is 4.54. The first-order valence-electron chi connectivity index (χ1n) is 1.87. The number of ether oxygens (including phenoxy) is 2. The fraction of sp³-hybridized carbons (Fsp3) is 0.200. The van der Waals surface area contributed by atoms with Crippen molar-refractivity contribution in [3.05, 3.63) is 25.7 Å². The normalized spacial score (nSPS) is 6.86. The molecule has 2 heteroatoms. The summed E-state index contributed by atoms with van der Waals surface area (Å²) in [7, 11) is 0. The smallest absolute Gasteiger partial charge is 0.229 e. The van der Waals surface area contributed by atoms with Crippen molar-refractivity contribution in [1.82, 2.24) is 0 Å². The van der Waals surface area contributed by atoms with E-state index in [9.17, 15) is 0 Å². The standard InChI is InChI=1S/C5H8O2/c1-3-6-5-7-4-2/h3-4H,1-2,5H2. The van der Waals surface area contributed by atoms with Crippen LogP contribution in [-0.2, 0) is 9.47 Å². The molecule has 40 valence electrons. The summed E-state index contributed by atoms with van der Waals surface area (Å²) in [6.45, 7) is 6.79. The summed E-state index contributed by atoms with van der Waals surface area (Å²) in [5, 5.41) is 0. The highest BCUT2D eigenvalue weighted by molar-refractivity contribution is 4.48. The summed E-state index contributed by atoms with van der Waals surface area (Å²) in [4.78, 5) is 0. The molecule has 0 saturated heterocycles. The van der Waals surface area contributed by atoms with Crippen molar-refractivity contribution in [2.24, 2.45) is 0 Å². The lowest BCUT2D eigenvalue weighted by Gasteiger charge is -1.95. The summed E-state index contributed by atoms with van der Waals surface area (Å²) < 4.78 is 9.09. The number of hydrogen-bond donors (Lipinski definition) is 0. The van der Waals surface area contributed by atoms with Gasteiger partial charge in [-0.1, -0.05) is 13.2 Å². The molecule has 0 atom stereocenters. The molecule has 0 fully saturated rings. The van der Waals surface area contributed by atoms with Gasteiger partial charge in [-0.05, 0) is 0 Å². The zero-order chi connectivity index (χ0) is 5.54. The van der Waals surface area contributed by atoms with Crippen LogP contribution in [0, 0.1) is 0 Å². The van der Waals surface area contributed by atoms with Crippen LogP contribution >= 0.6 is 0 Å². The van der Waals surface area contributed by atoms with E-state index >= 15 is 0 Å². The highest BCUT2D eigenvalue weighted by Gasteiger charge is 1.68. The predicted octanol–water partition coefficient (Wildman–Crippen LogP) is 1.26. The predicted molar refractivity (Wildman–Crippen MR) is 27.4 cm³/mol. The molecule has 0 aromatic carbocycles. The van der Waals surface area contributed by atoms with Crippen molar-refractivity contribution in [3.8, 4) is 0 Å². The topological polar surface area (TPSA) is 18.5 Å². The second-order valence-electron chi connectivity index (χ2n) is 0.785. The van der Waals surface area contributed by atoms with Crippen molar-refractivity contribution in [2.75, 3.05) is 6.79 Å². The lowest BCUT2D eigenvalue weighted by atomic mass is 11.1. The second-order valence-corrected chi connectivity index (χ2v) is 0.785. The average Bonchev–Trinajstić information content (AvgIpc) is 1.69. The molecule has 0 N–H and O–H groups in total. The van der Waals surface area contributed by atoms with Gasteiger partial charge in [0.25, 0.3) is 0 Å². The van der Waals surface area contributed by atoms with Crippen LogP contribution < -0.4 is 0 Å². The molecule has 0 aliphatic rings. The number of hydrogen-bond acceptors (Lipinski definition) is 2. The van der Waals surface area contributed by atoms with Crippen molar-refractivity contribution in [1.29, 1.82) is 0 Å². The van der Waals surface area contributed by atoms with Crippen LogP contribution in [0.15, 0.2) is 25.7 Å². The first kappa shape index (κ1) is 6.08. The van der Waals surface area contributed by atoms with Crippen molar-refractivity contribution in [2.45, 2.75) is 0 Å². The van der Waals surface area contributed by atoms with Gasteiger partial charge in [-0.3, -0.25) is 0 Å². The highest BCUT2D eigenvalue weighted by atomic mass is 16.7. The van der Waals surface area contributed by atoms with Gasteiger partial charge in [0.05, 0.1) is 12.5 Å². The van der Waals surface area contributed by atoms with Crippen LogP contribution in [0.1, 0.15) is 0 Å². The van der Waals surface area contributed by atoms with Crippen LogP contribution in [-0.4, -0.2) is 6.79 Å². The van der Waals surface area contributed by atoms with E-state index in [1.807, 2.05) is 0 Å². The van der Waals surface area contributed by atoms with Gasteiger partial charge in [0.1, 0.15) is 0 Å². The van der Waals surface area contributed by atoms with Crippen LogP contribution in [0.2, 0.25) is 0 Å². The van der Waals surface area contributed by atoms with E-state index in [1.54, 1.807) is 0 Å². The molecule has 0 aromatic rings. The first-order valence-corrected chi connectivity index (χ1v) is 1.87. The third kappa shape index (κ3) is 5.08. The van der Waals surface area contributed by atoms with Crippen LogP contribution in [0.3, 0.4) is 0 Å². The summed E-state index contributed by atoms with van der Waals surface area (Å²) >= 11 is 0. The summed E-state index contributed by atoms with van der Waals surface area (Å²) in [6, 6.07) is 0. The third-order valence-electron chi connectivity index (χ3n) is 0.372. The number of rotatable bonds is 4. The molecule has 7 heavy (non-hydrogen) atoms. The highest BCUT2D eigenvalue weighted by Crippen LogP contribution is 1.75. The van der Waals surface area contributed by atoms with E-state index in [0.717, 1.165) is 0 Å². The minimum Gasteiger partial charge on any atom is -0.466 e. The zero-order valence-corrected chi connectivity index (χ0v) is 4.09. The van der Waals surface area contributed by atoms with Crippen LogP contribution in [0.5, 0.6) is 0 Å². The molecule has 2 nitrogen and oxygen atoms in total. The van der Waals surface area contributed by atoms with E-state index < -0.39 is 0 Å². The van der Waals surface area contributed by atoms with E-state index in [4.69, 9.17) is 0 Å². The molecular formula is C5H8O2. The molecule has 0 aliphatic heterocycles. The Hall–Kier alpha value is -0.920. The lowest BCUT2D eigenvalue weighted by Crippen LogP contribution is -1.85. The van der Waals surface area contributed by atoms with Crippen molar-refractivity contribution >= 4 is 0 Å². The lowest BCUT2D eigenvalue weighted by molar-refractivity contribution is 0.0462. The maximum Gasteiger partial charge on any atom is 0.229 e. The Morgan fingerprint density at radius 3 is 1.86 bits per heavy atom. The van der Waals surface area contributed by atoms with E-state index in [-0.39, 0.29) is 6.79 Å². The Labute approximate surface area is 43.0 Å². The Morgan fingerprint density at radius 2 is 1.57 bits per heavy atom. The molecule has 0 unspecified atom stereocenters. The SMILES string of the molecule is C=COCOC=C. The molecule has 0 spiro atoms. The molecule has 0 saturated carbocycles. The van der Waals surface area contributed by atoms with Gasteiger partial charge in [0.15, 0.2) is 0 Å². The molecule has 0 radical (unpaired) electrons. The Balaban J connectivity index is 2.68. The van der Waals surface area contributed by atoms with Gasteiger partial charge >= 0.3 is 0 Å². The summed E-state index contributed by atoms with van der Waals surface area (Å²) in [5.41, 5.74) is 0. The molecule has 0 rings (SSSR count). The van der Waals surface area contributed by atoms with Gasteiger partial charge in [0, 0.05) is 0 Å². The van der Waals surface area contributed by atoms with E-state index in [0.29, 0.717) is 0 Å². The van der Waals surface area contributed by atoms with Gasteiger partial charge in [-0.2, -0.15) is 0 Å². The molecule has 0 aliphatic carbocycles. The molecule has 0 aromatic heterocycles. The van der Waals surface area contributed by atoms with Gasteiger partial charge in [-0.15, -0.1) is 0 Å². The zero-order valence-electron chi connectivity index (χ0n) is 4.09. The minimum absolute atomic E-state index is 0.201. The quantitative estimate of drug-likeness (QED) is 0.301. The third-order valence-corrected chi connectivity index (χ3v) is 0.372. The van der Waals surface area contributed by atoms with E-state index in [1.165, 1.54) is 12.5 Å². The molecule has 0 amide bonds. The Morgan fingerprint density at radius 1 is 1.14 bits per heavy atom. The van der Waals surface area contributed by atoms with Gasteiger partial charge < -0.3 is 9.47 Å². The van der Waals surface area contributed by atoms with Crippen molar-refractivity contribution < 1.29 is 9.47 Å². The molecular weight excluding hydrogens is 92.1 g/mol. The average molecular weight is 100 g/mol. The van der Waals surface area contributed by atoms with Gasteiger partial charge in [-0.25, -0.2) is 0 Å². The van der Waals surface area contributed by atoms with Gasteiger partial charge in [0.2, 0.25) is 6.79 Å². The second kappa shape index (κ2) is 5.08. The maximum absolute atomic E-state index is 4.54. The van der Waals surface area contributed by atoms with Crippen LogP contribution in [0.25, 0.3) is 0 Å². The van der Waals surface area contributed by atoms with Crippen LogP contribution in [0.4, 0.5) is 0 Å². The largest absolute Gasteiger partial charge is 0.466 e. The summed E-state index contributed by atoms with van der Waals surface area (Å²) in [5.74, 6) is 0. The monoisotopic (exact) mass is 100 g/mol. The van der Waals surface area contributed by atoms with Crippen molar-refractivity contribution in [3.63, 3.8) is 0 Å². The Kier molecular flexibility index (Phi) is 4.41. The fourth-order valence-electron chi connectivity index (χ4n) is 0.136. The molecule has 0 bridgehead atoms. The Bertz CT molecular complexity index is 51.1. The molecule has 0 heterocycles. The fourth-order valence-corrected chi connectivity index (χ4v) is 0.136. The minimum atomic E-state index is 0.201. The summed E-state index contributed by atoms with van der Waals surface area (Å²) in [6.07, 6.45) is 2.62. The first-order chi connectivity index (χ1) is 3.41. The van der Waals surface area contributed by atoms with E-state index in [2.05, 4.69) is 22.6 Å².